The lowest BCUT2D eigenvalue weighted by Gasteiger charge is -2.27. The molecule has 1 N–H and O–H groups in total. The molecule has 0 amide bonds. The minimum Gasteiger partial charge on any atom is -0.497 e. The molecule has 0 unspecified atom stereocenters. The molecule has 0 aliphatic carbocycles. The average Bonchev–Trinajstić information content (AvgIpc) is 3.53. The van der Waals surface area contributed by atoms with E-state index in [1.807, 2.05) is 47.1 Å². The third kappa shape index (κ3) is 4.76. The number of aromatic nitrogens is 5. The predicted octanol–water partition coefficient (Wildman–Crippen LogP) is 3.60. The van der Waals surface area contributed by atoms with Crippen LogP contribution in [0.25, 0.3) is 10.9 Å². The second kappa shape index (κ2) is 9.62. The Morgan fingerprint density at radius 1 is 1.08 bits per heavy atom. The van der Waals surface area contributed by atoms with Crippen molar-refractivity contribution in [2.24, 2.45) is 0 Å². The van der Waals surface area contributed by atoms with Crippen LogP contribution in [0.1, 0.15) is 44.1 Å². The first-order valence-electron chi connectivity index (χ1n) is 11.9. The molecule has 0 fully saturated rings. The molecular weight excluding hydrogens is 460 g/mol. The highest BCUT2D eigenvalue weighted by Gasteiger charge is 2.25. The number of aromatic amines is 1. The van der Waals surface area contributed by atoms with Gasteiger partial charge in [0.25, 0.3) is 5.56 Å². The summed E-state index contributed by atoms with van der Waals surface area (Å²) < 4.78 is 18.2. The van der Waals surface area contributed by atoms with Crippen molar-refractivity contribution in [3.05, 3.63) is 69.8 Å². The van der Waals surface area contributed by atoms with Crippen molar-refractivity contribution in [2.45, 2.75) is 52.4 Å². The number of pyridine rings is 1. The quantitative estimate of drug-likeness (QED) is 0.379. The Hall–Kier alpha value is -3.92. The number of fused-ring (bicyclic) bond motifs is 2. The highest BCUT2D eigenvalue weighted by molar-refractivity contribution is 5.80. The molecule has 0 bridgehead atoms. The van der Waals surface area contributed by atoms with Crippen LogP contribution in [-0.2, 0) is 25.2 Å². The van der Waals surface area contributed by atoms with E-state index in [0.29, 0.717) is 30.9 Å². The number of nitrogens with one attached hydrogen (secondary N) is 1. The summed E-state index contributed by atoms with van der Waals surface area (Å²) >= 11 is 0. The van der Waals surface area contributed by atoms with Crippen LogP contribution in [0.15, 0.2) is 47.3 Å². The third-order valence-corrected chi connectivity index (χ3v) is 6.70. The van der Waals surface area contributed by atoms with Crippen molar-refractivity contribution in [1.29, 1.82) is 0 Å². The molecule has 0 radical (unpaired) electrons. The van der Waals surface area contributed by atoms with Gasteiger partial charge in [0.15, 0.2) is 17.3 Å². The van der Waals surface area contributed by atoms with Crippen LogP contribution in [0.5, 0.6) is 17.2 Å². The van der Waals surface area contributed by atoms with Crippen molar-refractivity contribution in [3.8, 4) is 17.2 Å². The van der Waals surface area contributed by atoms with E-state index in [1.165, 1.54) is 0 Å². The Balaban J connectivity index is 1.48. The summed E-state index contributed by atoms with van der Waals surface area (Å²) in [4.78, 5) is 18.2. The standard InChI is InChI=1S/C26H30N6O4/c1-5-26(2,3)32-24(28-29-30-32)15-31(13-17-6-9-22-23(10-17)36-16-35-22)14-19-11-18-7-8-20(34-4)12-21(18)27-25(19)33/h6-12H,5,13-16H2,1-4H3,(H,27,33). The maximum atomic E-state index is 13.0. The van der Waals surface area contributed by atoms with Crippen LogP contribution >= 0.6 is 0 Å². The molecule has 2 aromatic heterocycles. The molecule has 5 rings (SSSR count). The molecule has 1 aliphatic rings. The first kappa shape index (κ1) is 23.8. The predicted molar refractivity (Wildman–Crippen MR) is 134 cm³/mol. The average molecular weight is 491 g/mol. The number of H-pyrrole nitrogens is 1. The van der Waals surface area contributed by atoms with E-state index in [-0.39, 0.29) is 17.9 Å². The number of nitrogens with zero attached hydrogens (tertiary/aromatic N) is 5. The summed E-state index contributed by atoms with van der Waals surface area (Å²) in [5.41, 5.74) is 2.05. The summed E-state index contributed by atoms with van der Waals surface area (Å²) in [6, 6.07) is 13.5. The van der Waals surface area contributed by atoms with Gasteiger partial charge in [-0.1, -0.05) is 13.0 Å². The van der Waals surface area contributed by atoms with E-state index in [2.05, 4.69) is 46.2 Å². The van der Waals surface area contributed by atoms with Gasteiger partial charge in [0.2, 0.25) is 6.79 Å². The SMILES string of the molecule is CCC(C)(C)n1nnnc1CN(Cc1ccc2c(c1)OCO2)Cc1cc2ccc(OC)cc2[nH]c1=O. The Morgan fingerprint density at radius 3 is 2.72 bits per heavy atom. The summed E-state index contributed by atoms with van der Waals surface area (Å²) in [7, 11) is 1.61. The van der Waals surface area contributed by atoms with E-state index >= 15 is 0 Å². The van der Waals surface area contributed by atoms with Gasteiger partial charge in [-0.2, -0.15) is 0 Å². The Kier molecular flexibility index (Phi) is 6.36. The van der Waals surface area contributed by atoms with Gasteiger partial charge in [0.1, 0.15) is 5.75 Å². The minimum atomic E-state index is -0.233. The molecule has 36 heavy (non-hydrogen) atoms. The van der Waals surface area contributed by atoms with Gasteiger partial charge in [-0.25, -0.2) is 4.68 Å². The number of methoxy groups -OCH3 is 1. The first-order chi connectivity index (χ1) is 17.4. The summed E-state index contributed by atoms with van der Waals surface area (Å²) in [5, 5.41) is 13.5. The van der Waals surface area contributed by atoms with Crippen molar-refractivity contribution >= 4 is 10.9 Å². The molecule has 0 spiro atoms. The summed E-state index contributed by atoms with van der Waals surface area (Å²) in [6.07, 6.45) is 0.876. The van der Waals surface area contributed by atoms with Gasteiger partial charge in [-0.3, -0.25) is 9.69 Å². The number of ether oxygens (including phenoxy) is 3. The fourth-order valence-electron chi connectivity index (χ4n) is 4.30. The highest BCUT2D eigenvalue weighted by atomic mass is 16.7. The number of tetrazole rings is 1. The zero-order valence-corrected chi connectivity index (χ0v) is 20.9. The van der Waals surface area contributed by atoms with Gasteiger partial charge in [-0.05, 0) is 72.0 Å². The third-order valence-electron chi connectivity index (χ3n) is 6.70. The number of hydrogen-bond donors (Lipinski definition) is 1. The topological polar surface area (TPSA) is 107 Å². The number of hydrogen-bond acceptors (Lipinski definition) is 8. The van der Waals surface area contributed by atoms with E-state index < -0.39 is 0 Å². The van der Waals surface area contributed by atoms with Gasteiger partial charge in [-0.15, -0.1) is 5.10 Å². The van der Waals surface area contributed by atoms with E-state index in [0.717, 1.165) is 40.2 Å². The number of benzene rings is 2. The monoisotopic (exact) mass is 490 g/mol. The molecule has 188 valence electrons. The largest absolute Gasteiger partial charge is 0.497 e. The first-order valence-corrected chi connectivity index (χ1v) is 11.9. The maximum absolute atomic E-state index is 13.0. The maximum Gasteiger partial charge on any atom is 0.252 e. The number of rotatable bonds is 9. The summed E-state index contributed by atoms with van der Waals surface area (Å²) in [5.74, 6) is 2.90. The van der Waals surface area contributed by atoms with Crippen molar-refractivity contribution < 1.29 is 14.2 Å². The van der Waals surface area contributed by atoms with E-state index in [9.17, 15) is 4.79 Å². The fourth-order valence-corrected chi connectivity index (χ4v) is 4.30. The van der Waals surface area contributed by atoms with E-state index in [1.54, 1.807) is 7.11 Å². The molecule has 0 atom stereocenters. The van der Waals surface area contributed by atoms with Crippen LogP contribution in [-0.4, -0.2) is 44.0 Å². The molecular formula is C26H30N6O4. The van der Waals surface area contributed by atoms with Crippen LogP contribution in [0.3, 0.4) is 0 Å². The van der Waals surface area contributed by atoms with E-state index in [4.69, 9.17) is 14.2 Å². The van der Waals surface area contributed by atoms with Gasteiger partial charge < -0.3 is 19.2 Å². The second-order valence-corrected chi connectivity index (χ2v) is 9.58. The lowest BCUT2D eigenvalue weighted by molar-refractivity contribution is 0.174. The van der Waals surface area contributed by atoms with Crippen LogP contribution in [0.2, 0.25) is 0 Å². The zero-order valence-electron chi connectivity index (χ0n) is 20.9. The van der Waals surface area contributed by atoms with Crippen molar-refractivity contribution in [3.63, 3.8) is 0 Å². The van der Waals surface area contributed by atoms with Gasteiger partial charge >= 0.3 is 0 Å². The fraction of sp³-hybridized carbons (Fsp3) is 0.385. The Bertz CT molecular complexity index is 1440. The van der Waals surface area contributed by atoms with Gasteiger partial charge in [0.05, 0.1) is 24.7 Å². The summed E-state index contributed by atoms with van der Waals surface area (Å²) in [6.45, 7) is 7.99. The molecule has 1 aliphatic heterocycles. The normalized spacial score (nSPS) is 13.0. The Labute approximate surface area is 208 Å². The van der Waals surface area contributed by atoms with Crippen LogP contribution in [0.4, 0.5) is 0 Å². The highest BCUT2D eigenvalue weighted by Crippen LogP contribution is 2.33. The molecule has 4 aromatic rings. The zero-order chi connectivity index (χ0) is 25.3. The second-order valence-electron chi connectivity index (χ2n) is 9.58. The minimum absolute atomic E-state index is 0.139. The molecule has 10 nitrogen and oxygen atoms in total. The molecule has 0 saturated carbocycles. The van der Waals surface area contributed by atoms with Gasteiger partial charge in [0, 0.05) is 24.7 Å². The Morgan fingerprint density at radius 2 is 1.92 bits per heavy atom. The van der Waals surface area contributed by atoms with Crippen molar-refractivity contribution in [1.82, 2.24) is 30.1 Å². The molecule has 10 heteroatoms. The van der Waals surface area contributed by atoms with Crippen LogP contribution in [0, 0.1) is 0 Å². The molecule has 3 heterocycles. The lowest BCUT2D eigenvalue weighted by atomic mass is 10.0. The molecule has 2 aromatic carbocycles. The lowest BCUT2D eigenvalue weighted by Crippen LogP contribution is -2.32. The van der Waals surface area contributed by atoms with Crippen LogP contribution < -0.4 is 19.8 Å². The van der Waals surface area contributed by atoms with Crippen molar-refractivity contribution in [2.75, 3.05) is 13.9 Å². The molecule has 0 saturated heterocycles. The smallest absolute Gasteiger partial charge is 0.252 e.